The molecule has 0 aliphatic rings. The number of hydrogen-bond acceptors (Lipinski definition) is 1. The number of halogens is 3. The molecule has 0 saturated carbocycles. The van der Waals surface area contributed by atoms with Crippen LogP contribution in [0, 0.1) is 0 Å². The van der Waals surface area contributed by atoms with E-state index in [4.69, 9.17) is 11.6 Å². The summed E-state index contributed by atoms with van der Waals surface area (Å²) in [4.78, 5) is 0. The standard InChI is InChI=1S/C11H11ClF2O/c1-2-9(12)7-8-3-5-10(6-4-8)15-11(13)14/h3-7,11H,2H2,1H3/b9-7-. The van der Waals surface area contributed by atoms with E-state index in [0.29, 0.717) is 0 Å². The van der Waals surface area contributed by atoms with Crippen molar-refractivity contribution in [3.05, 3.63) is 34.9 Å². The predicted molar refractivity (Wildman–Crippen MR) is 57.2 cm³/mol. The van der Waals surface area contributed by atoms with E-state index < -0.39 is 6.61 Å². The van der Waals surface area contributed by atoms with E-state index in [9.17, 15) is 8.78 Å². The van der Waals surface area contributed by atoms with Gasteiger partial charge >= 0.3 is 6.61 Å². The summed E-state index contributed by atoms with van der Waals surface area (Å²) in [5, 5.41) is 0.720. The van der Waals surface area contributed by atoms with E-state index >= 15 is 0 Å². The Morgan fingerprint density at radius 2 is 2.00 bits per heavy atom. The Morgan fingerprint density at radius 3 is 2.47 bits per heavy atom. The number of hydrogen-bond donors (Lipinski definition) is 0. The summed E-state index contributed by atoms with van der Waals surface area (Å²) in [6.45, 7) is -0.849. The molecule has 0 aromatic heterocycles. The number of rotatable bonds is 4. The third-order valence-corrected chi connectivity index (χ3v) is 2.14. The van der Waals surface area contributed by atoms with Crippen LogP contribution in [-0.4, -0.2) is 6.61 Å². The van der Waals surface area contributed by atoms with Gasteiger partial charge in [-0.15, -0.1) is 0 Å². The Kier molecular flexibility index (Phi) is 4.56. The lowest BCUT2D eigenvalue weighted by atomic mass is 10.2. The molecule has 0 bridgehead atoms. The Morgan fingerprint density at radius 1 is 1.40 bits per heavy atom. The molecule has 0 spiro atoms. The summed E-state index contributed by atoms with van der Waals surface area (Å²) in [6.07, 6.45) is 2.53. The lowest BCUT2D eigenvalue weighted by Crippen LogP contribution is -2.01. The maximum absolute atomic E-state index is 11.8. The van der Waals surface area contributed by atoms with E-state index in [1.165, 1.54) is 12.1 Å². The fraction of sp³-hybridized carbons (Fsp3) is 0.273. The van der Waals surface area contributed by atoms with Gasteiger partial charge in [-0.25, -0.2) is 0 Å². The van der Waals surface area contributed by atoms with Gasteiger partial charge in [0.1, 0.15) is 5.75 Å². The Labute approximate surface area is 92.3 Å². The molecule has 1 aromatic carbocycles. The van der Waals surface area contributed by atoms with Crippen LogP contribution < -0.4 is 4.74 Å². The maximum Gasteiger partial charge on any atom is 0.387 e. The van der Waals surface area contributed by atoms with Crippen LogP contribution in [0.3, 0.4) is 0 Å². The molecule has 0 saturated heterocycles. The molecule has 1 aromatic rings. The molecule has 0 aliphatic carbocycles. The molecule has 82 valence electrons. The lowest BCUT2D eigenvalue weighted by Gasteiger charge is -2.04. The molecule has 1 rings (SSSR count). The van der Waals surface area contributed by atoms with Crippen LogP contribution in [0.2, 0.25) is 0 Å². The minimum atomic E-state index is -2.79. The third-order valence-electron chi connectivity index (χ3n) is 1.77. The van der Waals surface area contributed by atoms with Gasteiger partial charge in [-0.2, -0.15) is 8.78 Å². The summed E-state index contributed by atoms with van der Waals surface area (Å²) < 4.78 is 27.9. The van der Waals surface area contributed by atoms with Crippen LogP contribution in [0.1, 0.15) is 18.9 Å². The second kappa shape index (κ2) is 5.71. The van der Waals surface area contributed by atoms with Gasteiger partial charge in [-0.3, -0.25) is 0 Å². The normalized spacial score (nSPS) is 11.9. The van der Waals surface area contributed by atoms with E-state index in [-0.39, 0.29) is 5.75 Å². The van der Waals surface area contributed by atoms with Crippen molar-refractivity contribution in [3.63, 3.8) is 0 Å². The average Bonchev–Trinajstić information content (AvgIpc) is 2.20. The van der Waals surface area contributed by atoms with Gasteiger partial charge in [0.2, 0.25) is 0 Å². The van der Waals surface area contributed by atoms with Gasteiger partial charge in [-0.05, 0) is 30.2 Å². The number of alkyl halides is 2. The molecule has 0 unspecified atom stereocenters. The number of ether oxygens (including phenoxy) is 1. The highest BCUT2D eigenvalue weighted by molar-refractivity contribution is 6.31. The average molecular weight is 233 g/mol. The van der Waals surface area contributed by atoms with Crippen molar-refractivity contribution < 1.29 is 13.5 Å². The zero-order chi connectivity index (χ0) is 11.3. The number of allylic oxidation sites excluding steroid dienone is 1. The first-order valence-corrected chi connectivity index (χ1v) is 4.90. The van der Waals surface area contributed by atoms with Gasteiger partial charge in [0.05, 0.1) is 0 Å². The molecule has 0 heterocycles. The zero-order valence-electron chi connectivity index (χ0n) is 8.21. The van der Waals surface area contributed by atoms with Gasteiger partial charge in [0.25, 0.3) is 0 Å². The smallest absolute Gasteiger partial charge is 0.387 e. The Bertz CT molecular complexity index is 333. The summed E-state index contributed by atoms with van der Waals surface area (Å²) in [5.74, 6) is 0.148. The Balaban J connectivity index is 2.72. The van der Waals surface area contributed by atoms with Crippen LogP contribution in [0.15, 0.2) is 29.3 Å². The van der Waals surface area contributed by atoms with Crippen LogP contribution in [0.5, 0.6) is 5.75 Å². The highest BCUT2D eigenvalue weighted by atomic mass is 35.5. The predicted octanol–water partition coefficient (Wildman–Crippen LogP) is 4.28. The molecule has 0 fully saturated rings. The fourth-order valence-corrected chi connectivity index (χ4v) is 1.15. The van der Waals surface area contributed by atoms with Gasteiger partial charge in [0, 0.05) is 5.03 Å². The van der Waals surface area contributed by atoms with Crippen molar-refractivity contribution >= 4 is 17.7 Å². The maximum atomic E-state index is 11.8. The van der Waals surface area contributed by atoms with E-state index in [1.807, 2.05) is 6.92 Å². The first-order chi connectivity index (χ1) is 7.11. The molecular weight excluding hydrogens is 222 g/mol. The van der Waals surface area contributed by atoms with Crippen molar-refractivity contribution in [1.82, 2.24) is 0 Å². The topological polar surface area (TPSA) is 9.23 Å². The molecule has 0 amide bonds. The monoisotopic (exact) mass is 232 g/mol. The zero-order valence-corrected chi connectivity index (χ0v) is 8.97. The highest BCUT2D eigenvalue weighted by Gasteiger charge is 2.02. The highest BCUT2D eigenvalue weighted by Crippen LogP contribution is 2.18. The second-order valence-corrected chi connectivity index (χ2v) is 3.38. The molecule has 15 heavy (non-hydrogen) atoms. The van der Waals surface area contributed by atoms with Crippen LogP contribution in [0.25, 0.3) is 6.08 Å². The van der Waals surface area contributed by atoms with Crippen molar-refractivity contribution in [1.29, 1.82) is 0 Å². The van der Waals surface area contributed by atoms with Crippen LogP contribution in [0.4, 0.5) is 8.78 Å². The quantitative estimate of drug-likeness (QED) is 0.753. The van der Waals surface area contributed by atoms with Crippen LogP contribution >= 0.6 is 11.6 Å². The largest absolute Gasteiger partial charge is 0.435 e. The summed E-state index contributed by atoms with van der Waals surface area (Å²) >= 11 is 5.83. The second-order valence-electron chi connectivity index (χ2n) is 2.89. The van der Waals surface area contributed by atoms with Gasteiger partial charge < -0.3 is 4.74 Å². The van der Waals surface area contributed by atoms with Crippen molar-refractivity contribution in [2.45, 2.75) is 20.0 Å². The first-order valence-electron chi connectivity index (χ1n) is 4.52. The molecule has 0 aliphatic heterocycles. The van der Waals surface area contributed by atoms with Gasteiger partial charge in [-0.1, -0.05) is 30.7 Å². The lowest BCUT2D eigenvalue weighted by molar-refractivity contribution is -0.0498. The van der Waals surface area contributed by atoms with E-state index in [2.05, 4.69) is 4.74 Å². The molecule has 0 atom stereocenters. The van der Waals surface area contributed by atoms with Crippen LogP contribution in [-0.2, 0) is 0 Å². The molecular formula is C11H11ClF2O. The van der Waals surface area contributed by atoms with Gasteiger partial charge in [0.15, 0.2) is 0 Å². The minimum absolute atomic E-state index is 0.148. The Hall–Kier alpha value is -1.09. The van der Waals surface area contributed by atoms with Crippen molar-refractivity contribution in [2.75, 3.05) is 0 Å². The molecule has 1 nitrogen and oxygen atoms in total. The molecule has 0 N–H and O–H groups in total. The third kappa shape index (κ3) is 4.30. The van der Waals surface area contributed by atoms with E-state index in [1.54, 1.807) is 18.2 Å². The summed E-state index contributed by atoms with van der Waals surface area (Å²) in [7, 11) is 0. The van der Waals surface area contributed by atoms with Crippen molar-refractivity contribution in [3.8, 4) is 5.75 Å². The fourth-order valence-electron chi connectivity index (χ4n) is 1.03. The summed E-state index contributed by atoms with van der Waals surface area (Å²) in [5.41, 5.74) is 0.864. The first kappa shape index (κ1) is 12.0. The van der Waals surface area contributed by atoms with Crippen molar-refractivity contribution in [2.24, 2.45) is 0 Å². The molecule has 4 heteroatoms. The van der Waals surface area contributed by atoms with E-state index in [0.717, 1.165) is 17.0 Å². The number of benzene rings is 1. The summed E-state index contributed by atoms with van der Waals surface area (Å²) in [6, 6.07) is 6.32. The minimum Gasteiger partial charge on any atom is -0.435 e. The molecule has 0 radical (unpaired) electrons. The SMILES string of the molecule is CC/C(Cl)=C/c1ccc(OC(F)F)cc1.